The number of carbonyl (C=O) groups is 1. The minimum absolute atomic E-state index is 0.0249. The highest BCUT2D eigenvalue weighted by molar-refractivity contribution is 5.87. The SMILES string of the molecule is C[C@H]1[C@H](C)CC[C@]2(C)CC[C@]3(C)C(=CC[C@@H]4[C@@]5(C)CC[C@H](OC(=O)/C=C/c6ccccc6)C(C)(C)[C@@H]5CC[C@]43C)[C@@H]12. The molecule has 41 heavy (non-hydrogen) atoms. The van der Waals surface area contributed by atoms with Crippen LogP contribution in [0.5, 0.6) is 0 Å². The van der Waals surface area contributed by atoms with Gasteiger partial charge in [-0.25, -0.2) is 4.79 Å². The minimum atomic E-state index is -0.199. The van der Waals surface area contributed by atoms with Crippen LogP contribution in [-0.4, -0.2) is 12.1 Å². The van der Waals surface area contributed by atoms with Gasteiger partial charge in [-0.1, -0.05) is 97.4 Å². The second-order valence-corrected chi connectivity index (χ2v) is 16.8. The van der Waals surface area contributed by atoms with Crippen LogP contribution in [0, 0.1) is 56.7 Å². The Morgan fingerprint density at radius 3 is 2.32 bits per heavy atom. The first kappa shape index (κ1) is 29.3. The summed E-state index contributed by atoms with van der Waals surface area (Å²) < 4.78 is 6.24. The molecule has 0 spiro atoms. The van der Waals surface area contributed by atoms with E-state index in [0.29, 0.717) is 28.1 Å². The second kappa shape index (κ2) is 9.85. The number of rotatable bonds is 3. The fraction of sp³-hybridized carbons (Fsp3) is 0.718. The third-order valence-corrected chi connectivity index (χ3v) is 14.8. The summed E-state index contributed by atoms with van der Waals surface area (Å²) >= 11 is 0. The van der Waals surface area contributed by atoms with Gasteiger partial charge in [0.15, 0.2) is 0 Å². The summed E-state index contributed by atoms with van der Waals surface area (Å²) in [5.41, 5.74) is 4.25. The Bertz CT molecular complexity index is 1230. The van der Waals surface area contributed by atoms with Crippen molar-refractivity contribution in [2.75, 3.05) is 0 Å². The lowest BCUT2D eigenvalue weighted by Crippen LogP contribution is -2.65. The number of benzene rings is 1. The van der Waals surface area contributed by atoms with Crippen LogP contribution in [0.25, 0.3) is 6.08 Å². The highest BCUT2D eigenvalue weighted by atomic mass is 16.5. The van der Waals surface area contributed by atoms with Crippen molar-refractivity contribution in [1.29, 1.82) is 0 Å². The van der Waals surface area contributed by atoms with E-state index in [1.165, 1.54) is 44.9 Å². The summed E-state index contributed by atoms with van der Waals surface area (Å²) in [5.74, 6) is 3.43. The van der Waals surface area contributed by atoms with Crippen molar-refractivity contribution < 1.29 is 9.53 Å². The summed E-state index contributed by atoms with van der Waals surface area (Å²) in [6.07, 6.45) is 17.8. The Balaban J connectivity index is 1.26. The van der Waals surface area contributed by atoms with Crippen LogP contribution in [0.4, 0.5) is 0 Å². The Hall–Kier alpha value is -1.83. The Morgan fingerprint density at radius 2 is 1.59 bits per heavy atom. The summed E-state index contributed by atoms with van der Waals surface area (Å²) in [6.45, 7) is 20.6. The van der Waals surface area contributed by atoms with Crippen molar-refractivity contribution >= 4 is 12.0 Å². The van der Waals surface area contributed by atoms with E-state index >= 15 is 0 Å². The van der Waals surface area contributed by atoms with Crippen LogP contribution in [0.2, 0.25) is 0 Å². The fourth-order valence-electron chi connectivity index (χ4n) is 11.9. The molecule has 10 atom stereocenters. The van der Waals surface area contributed by atoms with E-state index < -0.39 is 0 Å². The first-order valence-corrected chi connectivity index (χ1v) is 16.9. The third kappa shape index (κ3) is 4.27. The molecule has 4 fully saturated rings. The van der Waals surface area contributed by atoms with Crippen LogP contribution in [0.3, 0.4) is 0 Å². The van der Waals surface area contributed by atoms with E-state index in [4.69, 9.17) is 4.74 Å². The van der Waals surface area contributed by atoms with Gasteiger partial charge in [-0.3, -0.25) is 0 Å². The first-order chi connectivity index (χ1) is 19.3. The highest BCUT2D eigenvalue weighted by Gasteiger charge is 2.68. The molecule has 0 amide bonds. The van der Waals surface area contributed by atoms with Gasteiger partial charge in [-0.15, -0.1) is 0 Å². The summed E-state index contributed by atoms with van der Waals surface area (Å²) in [5, 5.41) is 0. The summed E-state index contributed by atoms with van der Waals surface area (Å²) in [6, 6.07) is 10.0. The maximum Gasteiger partial charge on any atom is 0.331 e. The van der Waals surface area contributed by atoms with Crippen molar-refractivity contribution in [1.82, 2.24) is 0 Å². The lowest BCUT2D eigenvalue weighted by Gasteiger charge is -2.71. The zero-order valence-corrected chi connectivity index (χ0v) is 27.3. The molecule has 0 aromatic heterocycles. The van der Waals surface area contributed by atoms with Crippen molar-refractivity contribution in [3.63, 3.8) is 0 Å². The van der Waals surface area contributed by atoms with Gasteiger partial charge in [0.25, 0.3) is 0 Å². The number of fused-ring (bicyclic) bond motifs is 7. The molecule has 0 bridgehead atoms. The van der Waals surface area contributed by atoms with Crippen LogP contribution in [0.1, 0.15) is 119 Å². The van der Waals surface area contributed by atoms with Crippen molar-refractivity contribution in [2.24, 2.45) is 56.7 Å². The fourth-order valence-corrected chi connectivity index (χ4v) is 11.9. The molecule has 5 aliphatic rings. The lowest BCUT2D eigenvalue weighted by atomic mass is 9.33. The summed E-state index contributed by atoms with van der Waals surface area (Å²) in [4.78, 5) is 13.0. The van der Waals surface area contributed by atoms with Gasteiger partial charge < -0.3 is 4.74 Å². The van der Waals surface area contributed by atoms with Gasteiger partial charge in [-0.2, -0.15) is 0 Å². The van der Waals surface area contributed by atoms with Gasteiger partial charge in [0.05, 0.1) is 0 Å². The molecule has 1 aromatic carbocycles. The van der Waals surface area contributed by atoms with Gasteiger partial charge in [0.2, 0.25) is 0 Å². The van der Waals surface area contributed by atoms with Gasteiger partial charge in [-0.05, 0) is 121 Å². The molecule has 2 nitrogen and oxygen atoms in total. The number of ether oxygens (including phenoxy) is 1. The van der Waals surface area contributed by atoms with Crippen molar-refractivity contribution in [2.45, 2.75) is 119 Å². The number of hydrogen-bond acceptors (Lipinski definition) is 2. The van der Waals surface area contributed by atoms with Crippen LogP contribution >= 0.6 is 0 Å². The molecule has 2 heteroatoms. The number of hydrogen-bond donors (Lipinski definition) is 0. The monoisotopic (exact) mass is 556 g/mol. The third-order valence-electron chi connectivity index (χ3n) is 14.8. The molecular formula is C39H56O2. The maximum atomic E-state index is 13.0. The average Bonchev–Trinajstić information content (AvgIpc) is 2.93. The zero-order chi connectivity index (χ0) is 29.4. The largest absolute Gasteiger partial charge is 0.459 e. The van der Waals surface area contributed by atoms with Gasteiger partial charge in [0, 0.05) is 11.5 Å². The van der Waals surface area contributed by atoms with E-state index in [9.17, 15) is 4.79 Å². The lowest BCUT2D eigenvalue weighted by molar-refractivity contribution is -0.211. The molecule has 0 N–H and O–H groups in total. The zero-order valence-electron chi connectivity index (χ0n) is 27.3. The van der Waals surface area contributed by atoms with Gasteiger partial charge in [0.1, 0.15) is 6.10 Å². The number of esters is 1. The van der Waals surface area contributed by atoms with Crippen molar-refractivity contribution in [3.8, 4) is 0 Å². The quantitative estimate of drug-likeness (QED) is 0.210. The highest BCUT2D eigenvalue weighted by Crippen LogP contribution is 2.75. The molecule has 0 radical (unpaired) electrons. The smallest absolute Gasteiger partial charge is 0.331 e. The normalized spacial score (nSPS) is 46.9. The predicted molar refractivity (Wildman–Crippen MR) is 170 cm³/mol. The second-order valence-electron chi connectivity index (χ2n) is 16.8. The van der Waals surface area contributed by atoms with Crippen LogP contribution in [-0.2, 0) is 9.53 Å². The minimum Gasteiger partial charge on any atom is -0.459 e. The standard InChI is InChI=1S/C39H56O2/c1-26-18-21-36(5)24-25-38(7)29(34(36)27(26)2)15-16-31-37(6)22-20-32(35(3,4)30(37)19-23-39(31,38)8)41-33(40)17-14-28-12-10-9-11-13-28/h9-15,17,26-27,30-32,34H,16,18-25H2,1-8H3/b17-14+/t26-,27+,30+,31-,32+,34-,36-,37+,38-,39-/m1/s1. The molecule has 0 unspecified atom stereocenters. The van der Waals surface area contributed by atoms with E-state index in [0.717, 1.165) is 36.2 Å². The first-order valence-electron chi connectivity index (χ1n) is 16.9. The summed E-state index contributed by atoms with van der Waals surface area (Å²) in [7, 11) is 0. The topological polar surface area (TPSA) is 26.3 Å². The number of carbonyl (C=O) groups excluding carboxylic acids is 1. The molecule has 0 heterocycles. The number of allylic oxidation sites excluding steroid dienone is 2. The Morgan fingerprint density at radius 1 is 0.854 bits per heavy atom. The molecule has 1 aromatic rings. The molecule has 0 saturated heterocycles. The molecule has 0 aliphatic heterocycles. The molecule has 6 rings (SSSR count). The van der Waals surface area contributed by atoms with E-state index in [-0.39, 0.29) is 22.9 Å². The molecule has 224 valence electrons. The average molecular weight is 557 g/mol. The van der Waals surface area contributed by atoms with Crippen LogP contribution in [0.15, 0.2) is 48.1 Å². The van der Waals surface area contributed by atoms with Crippen molar-refractivity contribution in [3.05, 3.63) is 53.6 Å². The maximum absolute atomic E-state index is 13.0. The van der Waals surface area contributed by atoms with E-state index in [2.05, 4.69) is 61.5 Å². The molecule has 5 aliphatic carbocycles. The molecule has 4 saturated carbocycles. The van der Waals surface area contributed by atoms with Crippen LogP contribution < -0.4 is 0 Å². The van der Waals surface area contributed by atoms with E-state index in [1.807, 2.05) is 42.0 Å². The Labute approximate surface area is 250 Å². The predicted octanol–water partition coefficient (Wildman–Crippen LogP) is 10.3. The van der Waals surface area contributed by atoms with Gasteiger partial charge >= 0.3 is 5.97 Å². The van der Waals surface area contributed by atoms with E-state index in [1.54, 1.807) is 6.08 Å². The Kier molecular flexibility index (Phi) is 7.03. The molecular weight excluding hydrogens is 500 g/mol.